The summed E-state index contributed by atoms with van der Waals surface area (Å²) >= 11 is 3.38. The standard InChI is InChI=1S/C25H24BrN3O3/c26-21-10-6-9-20(17-21)24(31)23(29-12-5-4-11-22(29)30)25(32)28-15-13-27(14-16-28)18-19-7-2-1-3-8-19/h1-12,17,23H,13-16,18H2. The van der Waals surface area contributed by atoms with Gasteiger partial charge in [-0.25, -0.2) is 0 Å². The number of hydrogen-bond donors (Lipinski definition) is 0. The summed E-state index contributed by atoms with van der Waals surface area (Å²) in [4.78, 5) is 43.4. The molecule has 0 aliphatic carbocycles. The van der Waals surface area contributed by atoms with Gasteiger partial charge in [0, 0.05) is 55.0 Å². The van der Waals surface area contributed by atoms with E-state index >= 15 is 0 Å². The van der Waals surface area contributed by atoms with Gasteiger partial charge in [0.05, 0.1) is 0 Å². The molecule has 2 aromatic carbocycles. The van der Waals surface area contributed by atoms with Gasteiger partial charge in [-0.3, -0.25) is 23.9 Å². The molecule has 4 rings (SSSR count). The van der Waals surface area contributed by atoms with Gasteiger partial charge in [-0.1, -0.05) is 64.5 Å². The van der Waals surface area contributed by atoms with E-state index in [-0.39, 0.29) is 11.5 Å². The van der Waals surface area contributed by atoms with Crippen molar-refractivity contribution in [2.75, 3.05) is 26.2 Å². The van der Waals surface area contributed by atoms with Gasteiger partial charge in [0.1, 0.15) is 0 Å². The van der Waals surface area contributed by atoms with Crippen LogP contribution < -0.4 is 5.56 Å². The minimum atomic E-state index is -1.22. The molecule has 0 bridgehead atoms. The molecule has 1 amide bonds. The maximum atomic E-state index is 13.5. The fourth-order valence-corrected chi connectivity index (χ4v) is 4.35. The van der Waals surface area contributed by atoms with Crippen LogP contribution in [0.25, 0.3) is 0 Å². The first-order valence-corrected chi connectivity index (χ1v) is 11.3. The van der Waals surface area contributed by atoms with Crippen LogP contribution in [0, 0.1) is 0 Å². The monoisotopic (exact) mass is 493 g/mol. The highest BCUT2D eigenvalue weighted by molar-refractivity contribution is 9.10. The average molecular weight is 494 g/mol. The normalized spacial score (nSPS) is 15.3. The van der Waals surface area contributed by atoms with E-state index in [1.54, 1.807) is 35.2 Å². The quantitative estimate of drug-likeness (QED) is 0.390. The molecule has 164 valence electrons. The number of piperazine rings is 1. The Morgan fingerprint density at radius 1 is 0.875 bits per heavy atom. The van der Waals surface area contributed by atoms with E-state index in [2.05, 4.69) is 33.0 Å². The molecule has 0 radical (unpaired) electrons. The maximum Gasteiger partial charge on any atom is 0.253 e. The number of halogens is 1. The number of nitrogens with zero attached hydrogens (tertiary/aromatic N) is 3. The van der Waals surface area contributed by atoms with Crippen LogP contribution in [0.2, 0.25) is 0 Å². The lowest BCUT2D eigenvalue weighted by Gasteiger charge is -2.36. The van der Waals surface area contributed by atoms with E-state index < -0.39 is 11.8 Å². The highest BCUT2D eigenvalue weighted by Crippen LogP contribution is 2.21. The molecule has 0 N–H and O–H groups in total. The number of amides is 1. The van der Waals surface area contributed by atoms with Crippen molar-refractivity contribution in [1.82, 2.24) is 14.4 Å². The Bertz CT molecular complexity index is 1150. The first kappa shape index (κ1) is 22.2. The number of Topliss-reactive ketones (excluding diaryl/α,β-unsaturated/α-hetero) is 1. The fraction of sp³-hybridized carbons (Fsp3) is 0.240. The predicted molar refractivity (Wildman–Crippen MR) is 127 cm³/mol. The first-order chi connectivity index (χ1) is 15.5. The summed E-state index contributed by atoms with van der Waals surface area (Å²) in [7, 11) is 0. The van der Waals surface area contributed by atoms with Gasteiger partial charge in [0.2, 0.25) is 0 Å². The number of carbonyl (C=O) groups excluding carboxylic acids is 2. The topological polar surface area (TPSA) is 62.6 Å². The number of pyridine rings is 1. The summed E-state index contributed by atoms with van der Waals surface area (Å²) in [6.07, 6.45) is 1.51. The van der Waals surface area contributed by atoms with E-state index in [1.165, 1.54) is 22.4 Å². The molecule has 6 nitrogen and oxygen atoms in total. The third-order valence-corrected chi connectivity index (χ3v) is 6.15. The molecule has 0 saturated carbocycles. The Hall–Kier alpha value is -3.03. The highest BCUT2D eigenvalue weighted by atomic mass is 79.9. The Morgan fingerprint density at radius 2 is 1.59 bits per heavy atom. The second-order valence-corrected chi connectivity index (χ2v) is 8.73. The Labute approximate surface area is 195 Å². The molecule has 0 spiro atoms. The number of hydrogen-bond acceptors (Lipinski definition) is 4. The molecule has 1 aliphatic heterocycles. The molecule has 32 heavy (non-hydrogen) atoms. The van der Waals surface area contributed by atoms with Crippen LogP contribution in [0.1, 0.15) is 22.0 Å². The van der Waals surface area contributed by atoms with Gasteiger partial charge in [-0.2, -0.15) is 0 Å². The third-order valence-electron chi connectivity index (χ3n) is 5.65. The number of ketones is 1. The molecule has 3 aromatic rings. The lowest BCUT2D eigenvalue weighted by atomic mass is 10.0. The van der Waals surface area contributed by atoms with Crippen LogP contribution in [-0.2, 0) is 11.3 Å². The molecule has 7 heteroatoms. The van der Waals surface area contributed by atoms with E-state index in [1.807, 2.05) is 24.3 Å². The van der Waals surface area contributed by atoms with E-state index in [4.69, 9.17) is 0 Å². The zero-order valence-corrected chi connectivity index (χ0v) is 19.1. The zero-order chi connectivity index (χ0) is 22.5. The SMILES string of the molecule is O=C(c1cccc(Br)c1)C(C(=O)N1CCN(Cc2ccccc2)CC1)n1ccccc1=O. The minimum absolute atomic E-state index is 0.345. The first-order valence-electron chi connectivity index (χ1n) is 10.5. The van der Waals surface area contributed by atoms with E-state index in [0.717, 1.165) is 11.0 Å². The van der Waals surface area contributed by atoms with Gasteiger partial charge in [0.25, 0.3) is 11.5 Å². The van der Waals surface area contributed by atoms with Gasteiger partial charge >= 0.3 is 0 Å². The van der Waals surface area contributed by atoms with Crippen LogP contribution in [0.3, 0.4) is 0 Å². The predicted octanol–water partition coefficient (Wildman–Crippen LogP) is 3.38. The molecule has 1 saturated heterocycles. The van der Waals surface area contributed by atoms with Crippen molar-refractivity contribution in [2.45, 2.75) is 12.6 Å². The van der Waals surface area contributed by atoms with Gasteiger partial charge in [-0.15, -0.1) is 0 Å². The Kier molecular flexibility index (Phi) is 6.97. The summed E-state index contributed by atoms with van der Waals surface area (Å²) in [6, 6.07) is 20.5. The molecule has 1 aromatic heterocycles. The minimum Gasteiger partial charge on any atom is -0.338 e. The molecule has 1 unspecified atom stereocenters. The van der Waals surface area contributed by atoms with E-state index in [9.17, 15) is 14.4 Å². The molecular formula is C25H24BrN3O3. The van der Waals surface area contributed by atoms with Crippen molar-refractivity contribution < 1.29 is 9.59 Å². The van der Waals surface area contributed by atoms with Crippen LogP contribution in [0.15, 0.2) is 88.3 Å². The second kappa shape index (κ2) is 10.1. The molecular weight excluding hydrogens is 470 g/mol. The average Bonchev–Trinajstić information content (AvgIpc) is 2.81. The zero-order valence-electron chi connectivity index (χ0n) is 17.6. The lowest BCUT2D eigenvalue weighted by Crippen LogP contribution is -2.52. The Morgan fingerprint density at radius 3 is 2.28 bits per heavy atom. The van der Waals surface area contributed by atoms with Gasteiger partial charge < -0.3 is 4.90 Å². The van der Waals surface area contributed by atoms with Crippen LogP contribution in [-0.4, -0.2) is 52.2 Å². The number of carbonyl (C=O) groups is 2. The van der Waals surface area contributed by atoms with Crippen LogP contribution in [0.4, 0.5) is 0 Å². The van der Waals surface area contributed by atoms with Crippen molar-refractivity contribution in [3.63, 3.8) is 0 Å². The van der Waals surface area contributed by atoms with Crippen molar-refractivity contribution in [1.29, 1.82) is 0 Å². The summed E-state index contributed by atoms with van der Waals surface area (Å²) in [5.74, 6) is -0.737. The molecule has 1 aliphatic rings. The summed E-state index contributed by atoms with van der Waals surface area (Å²) in [5.41, 5.74) is 1.24. The molecule has 1 fully saturated rings. The highest BCUT2D eigenvalue weighted by Gasteiger charge is 2.35. The third kappa shape index (κ3) is 5.06. The number of rotatable bonds is 6. The Balaban J connectivity index is 1.54. The molecule has 2 heterocycles. The van der Waals surface area contributed by atoms with Gasteiger partial charge in [0.15, 0.2) is 11.8 Å². The summed E-state index contributed by atoms with van der Waals surface area (Å²) < 4.78 is 1.98. The van der Waals surface area contributed by atoms with Crippen molar-refractivity contribution in [3.05, 3.63) is 105 Å². The van der Waals surface area contributed by atoms with E-state index in [0.29, 0.717) is 31.7 Å². The fourth-order valence-electron chi connectivity index (χ4n) is 3.95. The number of aromatic nitrogens is 1. The van der Waals surface area contributed by atoms with Crippen molar-refractivity contribution in [2.24, 2.45) is 0 Å². The lowest BCUT2D eigenvalue weighted by molar-refractivity contribution is -0.135. The number of benzene rings is 2. The van der Waals surface area contributed by atoms with Gasteiger partial charge in [-0.05, 0) is 23.8 Å². The summed E-state index contributed by atoms with van der Waals surface area (Å²) in [5, 5.41) is 0. The van der Waals surface area contributed by atoms with Crippen LogP contribution in [0.5, 0.6) is 0 Å². The van der Waals surface area contributed by atoms with Crippen LogP contribution >= 0.6 is 15.9 Å². The largest absolute Gasteiger partial charge is 0.338 e. The van der Waals surface area contributed by atoms with Crippen molar-refractivity contribution in [3.8, 4) is 0 Å². The van der Waals surface area contributed by atoms with Crippen molar-refractivity contribution >= 4 is 27.6 Å². The smallest absolute Gasteiger partial charge is 0.253 e. The molecule has 1 atom stereocenters. The summed E-state index contributed by atoms with van der Waals surface area (Å²) in [6.45, 7) is 3.26. The second-order valence-electron chi connectivity index (χ2n) is 7.81. The maximum absolute atomic E-state index is 13.5.